The first-order chi connectivity index (χ1) is 13.7. The molecule has 2 aromatic rings. The Morgan fingerprint density at radius 3 is 2.82 bits per heavy atom. The number of hydrogen-bond donors (Lipinski definition) is 2. The van der Waals surface area contributed by atoms with Gasteiger partial charge in [0.25, 0.3) is 5.91 Å². The van der Waals surface area contributed by atoms with Gasteiger partial charge in [-0.05, 0) is 69.5 Å². The standard InChI is InChI=1S/C20H29N5O3/c1-15-19(20(26)22-11-9-16-4-3-10-21-14-16)24-25(23-15)17-5-7-18(8-6-17)28-13-12-27-2/h5-8,16,21H,3-4,9-14H2,1-2H3,(H,22,26). The molecule has 2 heterocycles. The van der Waals surface area contributed by atoms with Crippen molar-refractivity contribution in [3.8, 4) is 11.4 Å². The second kappa shape index (κ2) is 10.2. The van der Waals surface area contributed by atoms with Crippen molar-refractivity contribution < 1.29 is 14.3 Å². The number of carbonyl (C=O) groups is 1. The molecule has 0 radical (unpaired) electrons. The van der Waals surface area contributed by atoms with Crippen molar-refractivity contribution in [1.82, 2.24) is 25.6 Å². The monoisotopic (exact) mass is 387 g/mol. The topological polar surface area (TPSA) is 90.3 Å². The van der Waals surface area contributed by atoms with E-state index in [1.807, 2.05) is 24.3 Å². The largest absolute Gasteiger partial charge is 0.491 e. The quantitative estimate of drug-likeness (QED) is 0.637. The number of methoxy groups -OCH3 is 1. The van der Waals surface area contributed by atoms with E-state index in [2.05, 4.69) is 20.8 Å². The van der Waals surface area contributed by atoms with Crippen LogP contribution >= 0.6 is 0 Å². The molecule has 1 fully saturated rings. The fraction of sp³-hybridized carbons (Fsp3) is 0.550. The maximum absolute atomic E-state index is 12.5. The minimum absolute atomic E-state index is 0.174. The summed E-state index contributed by atoms with van der Waals surface area (Å²) in [6.07, 6.45) is 3.42. The van der Waals surface area contributed by atoms with Crippen molar-refractivity contribution in [3.63, 3.8) is 0 Å². The van der Waals surface area contributed by atoms with Gasteiger partial charge in [-0.1, -0.05) is 0 Å². The van der Waals surface area contributed by atoms with Gasteiger partial charge in [0.15, 0.2) is 5.69 Å². The zero-order valence-electron chi connectivity index (χ0n) is 16.6. The number of aromatic nitrogens is 3. The maximum atomic E-state index is 12.5. The third-order valence-corrected chi connectivity index (χ3v) is 4.86. The van der Waals surface area contributed by atoms with Gasteiger partial charge < -0.3 is 20.1 Å². The molecular weight excluding hydrogens is 358 g/mol. The lowest BCUT2D eigenvalue weighted by molar-refractivity contribution is 0.0944. The molecule has 8 nitrogen and oxygen atoms in total. The van der Waals surface area contributed by atoms with Crippen LogP contribution in [0.5, 0.6) is 5.75 Å². The molecular formula is C20H29N5O3. The van der Waals surface area contributed by atoms with Crippen molar-refractivity contribution in [2.45, 2.75) is 26.2 Å². The lowest BCUT2D eigenvalue weighted by Gasteiger charge is -2.22. The lowest BCUT2D eigenvalue weighted by atomic mass is 9.96. The van der Waals surface area contributed by atoms with E-state index in [-0.39, 0.29) is 5.91 Å². The Bertz CT molecular complexity index is 754. The number of amides is 1. The zero-order chi connectivity index (χ0) is 19.8. The summed E-state index contributed by atoms with van der Waals surface area (Å²) in [5.41, 5.74) is 1.74. The van der Waals surface area contributed by atoms with Crippen LogP contribution in [0.15, 0.2) is 24.3 Å². The van der Waals surface area contributed by atoms with Gasteiger partial charge in [-0.25, -0.2) is 0 Å². The van der Waals surface area contributed by atoms with E-state index in [0.29, 0.717) is 37.1 Å². The van der Waals surface area contributed by atoms with Gasteiger partial charge >= 0.3 is 0 Å². The van der Waals surface area contributed by atoms with Crippen LogP contribution < -0.4 is 15.4 Å². The second-order valence-electron chi connectivity index (χ2n) is 7.02. The number of benzene rings is 1. The summed E-state index contributed by atoms with van der Waals surface area (Å²) in [7, 11) is 1.64. The minimum atomic E-state index is -0.174. The molecule has 0 aliphatic carbocycles. The Morgan fingerprint density at radius 2 is 2.11 bits per heavy atom. The van der Waals surface area contributed by atoms with E-state index >= 15 is 0 Å². The normalized spacial score (nSPS) is 16.7. The highest BCUT2D eigenvalue weighted by Gasteiger charge is 2.17. The van der Waals surface area contributed by atoms with E-state index in [0.717, 1.165) is 30.9 Å². The third-order valence-electron chi connectivity index (χ3n) is 4.86. The smallest absolute Gasteiger partial charge is 0.273 e. The molecule has 3 rings (SSSR count). The molecule has 1 saturated heterocycles. The van der Waals surface area contributed by atoms with Gasteiger partial charge in [-0.15, -0.1) is 5.10 Å². The third kappa shape index (κ3) is 5.53. The number of rotatable bonds is 9. The van der Waals surface area contributed by atoms with Gasteiger partial charge in [0.05, 0.1) is 18.0 Å². The zero-order valence-corrected chi connectivity index (χ0v) is 16.6. The molecule has 0 spiro atoms. The molecule has 1 aliphatic heterocycles. The van der Waals surface area contributed by atoms with Gasteiger partial charge in [0, 0.05) is 13.7 Å². The van der Waals surface area contributed by atoms with Crippen molar-refractivity contribution in [1.29, 1.82) is 0 Å². The molecule has 1 aromatic heterocycles. The number of aryl methyl sites for hydroxylation is 1. The first-order valence-corrected chi connectivity index (χ1v) is 9.82. The maximum Gasteiger partial charge on any atom is 0.273 e. The van der Waals surface area contributed by atoms with E-state index < -0.39 is 0 Å². The predicted molar refractivity (Wildman–Crippen MR) is 106 cm³/mol. The average molecular weight is 387 g/mol. The van der Waals surface area contributed by atoms with Gasteiger partial charge in [-0.2, -0.15) is 9.90 Å². The fourth-order valence-electron chi connectivity index (χ4n) is 3.27. The highest BCUT2D eigenvalue weighted by Crippen LogP contribution is 2.16. The van der Waals surface area contributed by atoms with Gasteiger partial charge in [-0.3, -0.25) is 4.79 Å². The Morgan fingerprint density at radius 1 is 1.29 bits per heavy atom. The van der Waals surface area contributed by atoms with Crippen molar-refractivity contribution in [2.24, 2.45) is 5.92 Å². The predicted octanol–water partition coefficient (Wildman–Crippen LogP) is 1.72. The van der Waals surface area contributed by atoms with Gasteiger partial charge in [0.1, 0.15) is 12.4 Å². The molecule has 1 atom stereocenters. The van der Waals surface area contributed by atoms with Crippen molar-refractivity contribution >= 4 is 5.91 Å². The van der Waals surface area contributed by atoms with Crippen LogP contribution in [0.25, 0.3) is 5.69 Å². The molecule has 0 saturated carbocycles. The summed E-state index contributed by atoms with van der Waals surface area (Å²) < 4.78 is 10.5. The van der Waals surface area contributed by atoms with E-state index in [9.17, 15) is 4.79 Å². The van der Waals surface area contributed by atoms with Gasteiger partial charge in [0.2, 0.25) is 0 Å². The average Bonchev–Trinajstić information content (AvgIpc) is 3.11. The first kappa shape index (κ1) is 20.3. The number of ether oxygens (including phenoxy) is 2. The number of piperidine rings is 1. The molecule has 28 heavy (non-hydrogen) atoms. The molecule has 1 unspecified atom stereocenters. The molecule has 8 heteroatoms. The van der Waals surface area contributed by atoms with E-state index in [1.165, 1.54) is 17.6 Å². The fourth-order valence-corrected chi connectivity index (χ4v) is 3.27. The number of nitrogens with one attached hydrogen (secondary N) is 2. The second-order valence-corrected chi connectivity index (χ2v) is 7.02. The van der Waals surface area contributed by atoms with Crippen LogP contribution in [0, 0.1) is 12.8 Å². The van der Waals surface area contributed by atoms with Crippen LogP contribution in [0.4, 0.5) is 0 Å². The summed E-state index contributed by atoms with van der Waals surface area (Å²) >= 11 is 0. The summed E-state index contributed by atoms with van der Waals surface area (Å²) in [5, 5.41) is 15.1. The van der Waals surface area contributed by atoms with Crippen LogP contribution in [0.1, 0.15) is 35.4 Å². The number of carbonyl (C=O) groups excluding carboxylic acids is 1. The van der Waals surface area contributed by atoms with Crippen LogP contribution in [0.2, 0.25) is 0 Å². The van der Waals surface area contributed by atoms with Crippen molar-refractivity contribution in [2.75, 3.05) is 40.0 Å². The lowest BCUT2D eigenvalue weighted by Crippen LogP contribution is -2.33. The minimum Gasteiger partial charge on any atom is -0.491 e. The Kier molecular flexibility index (Phi) is 7.39. The Hall–Kier alpha value is -2.45. The summed E-state index contributed by atoms with van der Waals surface area (Å²) in [5.74, 6) is 1.21. The van der Waals surface area contributed by atoms with E-state index in [1.54, 1.807) is 14.0 Å². The molecule has 1 aliphatic rings. The molecule has 1 aromatic carbocycles. The summed E-state index contributed by atoms with van der Waals surface area (Å²) in [6, 6.07) is 7.42. The molecule has 2 N–H and O–H groups in total. The SMILES string of the molecule is COCCOc1ccc(-n2nc(C)c(C(=O)NCCC3CCCNC3)n2)cc1. The highest BCUT2D eigenvalue weighted by atomic mass is 16.5. The van der Waals surface area contributed by atoms with E-state index in [4.69, 9.17) is 9.47 Å². The molecule has 0 bridgehead atoms. The van der Waals surface area contributed by atoms with Crippen LogP contribution in [-0.2, 0) is 4.74 Å². The first-order valence-electron chi connectivity index (χ1n) is 9.82. The Balaban J connectivity index is 1.55. The summed E-state index contributed by atoms with van der Waals surface area (Å²) in [6.45, 7) is 5.63. The van der Waals surface area contributed by atoms with Crippen LogP contribution in [-0.4, -0.2) is 60.9 Å². The van der Waals surface area contributed by atoms with Crippen molar-refractivity contribution in [3.05, 3.63) is 35.7 Å². The number of hydrogen-bond acceptors (Lipinski definition) is 6. The van der Waals surface area contributed by atoms with Crippen LogP contribution in [0.3, 0.4) is 0 Å². The highest BCUT2D eigenvalue weighted by molar-refractivity contribution is 5.93. The Labute approximate surface area is 165 Å². The summed E-state index contributed by atoms with van der Waals surface area (Å²) in [4.78, 5) is 14.0. The molecule has 1 amide bonds. The number of nitrogens with zero attached hydrogens (tertiary/aromatic N) is 3. The molecule has 152 valence electrons.